The molecule has 0 bridgehead atoms. The highest BCUT2D eigenvalue weighted by atomic mass is 16.7. The van der Waals surface area contributed by atoms with Gasteiger partial charge in [0.15, 0.2) is 0 Å². The lowest BCUT2D eigenvalue weighted by Crippen LogP contribution is -2.55. The summed E-state index contributed by atoms with van der Waals surface area (Å²) in [7, 11) is 0. The van der Waals surface area contributed by atoms with Crippen molar-refractivity contribution in [3.8, 4) is 0 Å². The number of carbonyl (C=O) groups excluding carboxylic acids is 2. The van der Waals surface area contributed by atoms with Crippen LogP contribution in [0.3, 0.4) is 0 Å². The molecule has 0 aromatic heterocycles. The van der Waals surface area contributed by atoms with E-state index in [2.05, 4.69) is 20.8 Å². The van der Waals surface area contributed by atoms with E-state index in [1.165, 1.54) is 13.8 Å². The topological polar surface area (TPSA) is 61.8 Å². The Kier molecular flexibility index (Phi) is 4.17. The first-order chi connectivity index (χ1) is 11.1. The first kappa shape index (κ1) is 17.3. The van der Waals surface area contributed by atoms with Gasteiger partial charge in [0.25, 0.3) is 6.29 Å². The Hall–Kier alpha value is -1.52. The van der Waals surface area contributed by atoms with Gasteiger partial charge in [0.1, 0.15) is 6.10 Å². The number of ether oxygens (including phenoxy) is 3. The Morgan fingerprint density at radius 2 is 1.79 bits per heavy atom. The highest BCUT2D eigenvalue weighted by molar-refractivity contribution is 5.67. The standard InChI is InChI=1S/C19H28O5/c1-11(20)23-14-9-15-18(3,4)7-6-8-19(15,5)16-13(14)10-22-17(16)24-12(2)21/h10,14-17H,6-9H2,1-5H3/t14-,15-,16-,17+,19+/m1/s1. The summed E-state index contributed by atoms with van der Waals surface area (Å²) in [6.07, 6.45) is 4.94. The van der Waals surface area contributed by atoms with Crippen LogP contribution < -0.4 is 0 Å². The molecule has 134 valence electrons. The molecular weight excluding hydrogens is 308 g/mol. The molecule has 5 nitrogen and oxygen atoms in total. The van der Waals surface area contributed by atoms with Crippen LogP contribution in [0.5, 0.6) is 0 Å². The van der Waals surface area contributed by atoms with Crippen molar-refractivity contribution in [3.05, 3.63) is 11.8 Å². The van der Waals surface area contributed by atoms with Gasteiger partial charge < -0.3 is 14.2 Å². The fraction of sp³-hybridized carbons (Fsp3) is 0.789. The number of hydrogen-bond acceptors (Lipinski definition) is 5. The van der Waals surface area contributed by atoms with Crippen molar-refractivity contribution in [2.75, 3.05) is 0 Å². The SMILES string of the molecule is CC(=O)O[C@@H]1OC=C2[C@H]1[C@@]1(C)CCCC(C)(C)[C@H]1C[C@H]2OC(C)=O. The van der Waals surface area contributed by atoms with Gasteiger partial charge in [-0.15, -0.1) is 0 Å². The van der Waals surface area contributed by atoms with Gasteiger partial charge in [0.05, 0.1) is 12.2 Å². The van der Waals surface area contributed by atoms with Gasteiger partial charge in [-0.2, -0.15) is 0 Å². The van der Waals surface area contributed by atoms with Gasteiger partial charge >= 0.3 is 11.9 Å². The number of rotatable bonds is 2. The predicted molar refractivity (Wildman–Crippen MR) is 87.6 cm³/mol. The molecule has 0 saturated heterocycles. The summed E-state index contributed by atoms with van der Waals surface area (Å²) in [5, 5.41) is 0. The molecule has 24 heavy (non-hydrogen) atoms. The summed E-state index contributed by atoms with van der Waals surface area (Å²) in [5.74, 6) is -0.304. The zero-order chi connectivity index (χ0) is 17.7. The Bertz CT molecular complexity index is 578. The maximum Gasteiger partial charge on any atom is 0.305 e. The van der Waals surface area contributed by atoms with Crippen LogP contribution >= 0.6 is 0 Å². The lowest BCUT2D eigenvalue weighted by atomic mass is 9.47. The molecule has 0 radical (unpaired) electrons. The van der Waals surface area contributed by atoms with Crippen LogP contribution in [0.15, 0.2) is 11.8 Å². The van der Waals surface area contributed by atoms with Gasteiger partial charge in [0, 0.05) is 19.4 Å². The third-order valence-electron chi connectivity index (χ3n) is 6.37. The summed E-state index contributed by atoms with van der Waals surface area (Å²) >= 11 is 0. The van der Waals surface area contributed by atoms with E-state index in [0.717, 1.165) is 31.3 Å². The van der Waals surface area contributed by atoms with E-state index < -0.39 is 6.29 Å². The van der Waals surface area contributed by atoms with Gasteiger partial charge in [-0.1, -0.05) is 27.2 Å². The molecule has 0 unspecified atom stereocenters. The molecule has 5 atom stereocenters. The lowest BCUT2D eigenvalue weighted by molar-refractivity contribution is -0.193. The van der Waals surface area contributed by atoms with Crippen LogP contribution in [0.25, 0.3) is 0 Å². The smallest absolute Gasteiger partial charge is 0.305 e. The third kappa shape index (κ3) is 2.72. The maximum atomic E-state index is 11.6. The van der Waals surface area contributed by atoms with Crippen LogP contribution in [0, 0.1) is 22.7 Å². The average molecular weight is 336 g/mol. The van der Waals surface area contributed by atoms with E-state index in [9.17, 15) is 9.59 Å². The van der Waals surface area contributed by atoms with E-state index in [-0.39, 0.29) is 34.8 Å². The molecule has 3 aliphatic rings. The summed E-state index contributed by atoms with van der Waals surface area (Å²) in [6, 6.07) is 0. The monoisotopic (exact) mass is 336 g/mol. The average Bonchev–Trinajstić information content (AvgIpc) is 2.84. The normalized spacial score (nSPS) is 39.8. The zero-order valence-corrected chi connectivity index (χ0v) is 15.3. The minimum absolute atomic E-state index is 0.0269. The van der Waals surface area contributed by atoms with Crippen LogP contribution in [0.1, 0.15) is 60.3 Å². The minimum Gasteiger partial charge on any atom is -0.462 e. The Morgan fingerprint density at radius 1 is 1.12 bits per heavy atom. The predicted octanol–water partition coefficient (Wildman–Crippen LogP) is 3.57. The second-order valence-electron chi connectivity index (χ2n) is 8.44. The molecular formula is C19H28O5. The van der Waals surface area contributed by atoms with Crippen molar-refractivity contribution in [3.63, 3.8) is 0 Å². The molecule has 0 aromatic carbocycles. The molecule has 2 saturated carbocycles. The highest BCUT2D eigenvalue weighted by Gasteiger charge is 2.61. The van der Waals surface area contributed by atoms with Crippen LogP contribution in [0.4, 0.5) is 0 Å². The Morgan fingerprint density at radius 3 is 2.42 bits per heavy atom. The van der Waals surface area contributed by atoms with Crippen molar-refractivity contribution in [1.82, 2.24) is 0 Å². The van der Waals surface area contributed by atoms with E-state index >= 15 is 0 Å². The Labute approximate surface area is 143 Å². The van der Waals surface area contributed by atoms with Gasteiger partial charge in [-0.05, 0) is 36.0 Å². The molecule has 0 N–H and O–H groups in total. The minimum atomic E-state index is -0.614. The summed E-state index contributed by atoms with van der Waals surface area (Å²) < 4.78 is 16.8. The molecule has 1 aliphatic heterocycles. The molecule has 2 fully saturated rings. The molecule has 3 rings (SSSR count). The molecule has 0 spiro atoms. The first-order valence-electron chi connectivity index (χ1n) is 8.85. The highest BCUT2D eigenvalue weighted by Crippen LogP contribution is 2.63. The van der Waals surface area contributed by atoms with Crippen molar-refractivity contribution >= 4 is 11.9 Å². The summed E-state index contributed by atoms with van der Waals surface area (Å²) in [6.45, 7) is 9.72. The fourth-order valence-corrected chi connectivity index (χ4v) is 5.47. The van der Waals surface area contributed by atoms with E-state index in [1.54, 1.807) is 6.26 Å². The summed E-state index contributed by atoms with van der Waals surface area (Å²) in [4.78, 5) is 23.1. The van der Waals surface area contributed by atoms with Crippen molar-refractivity contribution < 1.29 is 23.8 Å². The van der Waals surface area contributed by atoms with Gasteiger partial charge in [-0.25, -0.2) is 0 Å². The molecule has 0 amide bonds. The molecule has 0 aromatic rings. The fourth-order valence-electron chi connectivity index (χ4n) is 5.47. The van der Waals surface area contributed by atoms with Crippen molar-refractivity contribution in [2.45, 2.75) is 72.7 Å². The zero-order valence-electron chi connectivity index (χ0n) is 15.3. The van der Waals surface area contributed by atoms with E-state index in [1.807, 2.05) is 0 Å². The maximum absolute atomic E-state index is 11.6. The number of hydrogen-bond donors (Lipinski definition) is 0. The number of esters is 2. The van der Waals surface area contributed by atoms with Gasteiger partial charge in [0.2, 0.25) is 0 Å². The molecule has 1 heterocycles. The van der Waals surface area contributed by atoms with Crippen LogP contribution in [0.2, 0.25) is 0 Å². The van der Waals surface area contributed by atoms with E-state index in [0.29, 0.717) is 5.92 Å². The largest absolute Gasteiger partial charge is 0.462 e. The number of fused-ring (bicyclic) bond motifs is 3. The second-order valence-corrected chi connectivity index (χ2v) is 8.44. The van der Waals surface area contributed by atoms with Crippen molar-refractivity contribution in [2.24, 2.45) is 22.7 Å². The number of carbonyl (C=O) groups is 2. The molecule has 2 aliphatic carbocycles. The quantitative estimate of drug-likeness (QED) is 0.721. The van der Waals surface area contributed by atoms with Crippen LogP contribution in [-0.2, 0) is 23.8 Å². The second kappa shape index (κ2) is 5.78. The lowest BCUT2D eigenvalue weighted by Gasteiger charge is -2.58. The Balaban J connectivity index is 2.00. The van der Waals surface area contributed by atoms with E-state index in [4.69, 9.17) is 14.2 Å². The third-order valence-corrected chi connectivity index (χ3v) is 6.37. The first-order valence-corrected chi connectivity index (χ1v) is 8.85. The van der Waals surface area contributed by atoms with Crippen LogP contribution in [-0.4, -0.2) is 24.3 Å². The summed E-state index contributed by atoms with van der Waals surface area (Å²) in [5.41, 5.74) is 1.09. The molecule has 5 heteroatoms. The van der Waals surface area contributed by atoms with Gasteiger partial charge in [-0.3, -0.25) is 9.59 Å². The van der Waals surface area contributed by atoms with Crippen molar-refractivity contribution in [1.29, 1.82) is 0 Å².